The number of aryl methyl sites for hydroxylation is 2. The molecule has 0 bridgehead atoms. The lowest BCUT2D eigenvalue weighted by Crippen LogP contribution is -2.57. The van der Waals surface area contributed by atoms with Crippen LogP contribution in [0.25, 0.3) is 10.9 Å². The predicted molar refractivity (Wildman–Crippen MR) is 175 cm³/mol. The van der Waals surface area contributed by atoms with Gasteiger partial charge in [0.25, 0.3) is 5.56 Å². The number of piperazine rings is 1. The van der Waals surface area contributed by atoms with Gasteiger partial charge in [0.15, 0.2) is 5.96 Å². The van der Waals surface area contributed by atoms with Crippen molar-refractivity contribution in [1.82, 2.24) is 25.2 Å². The highest BCUT2D eigenvalue weighted by molar-refractivity contribution is 5.96. The second-order valence-corrected chi connectivity index (χ2v) is 13.7. The monoisotopic (exact) mass is 605 g/mol. The molecule has 44 heavy (non-hydrogen) atoms. The molecule has 0 radical (unpaired) electrons. The van der Waals surface area contributed by atoms with Crippen molar-refractivity contribution in [3.63, 3.8) is 0 Å². The topological polar surface area (TPSA) is 96.7 Å². The summed E-state index contributed by atoms with van der Waals surface area (Å²) in [6.45, 7) is 18.2. The zero-order valence-corrected chi connectivity index (χ0v) is 27.4. The van der Waals surface area contributed by atoms with Gasteiger partial charge in [0.1, 0.15) is 17.1 Å². The van der Waals surface area contributed by atoms with Crippen molar-refractivity contribution in [2.45, 2.75) is 86.0 Å². The van der Waals surface area contributed by atoms with Gasteiger partial charge in [-0.3, -0.25) is 4.79 Å². The number of anilines is 1. The smallest absolute Gasteiger partial charge is 0.277 e. The summed E-state index contributed by atoms with van der Waals surface area (Å²) >= 11 is 0. The molecule has 1 saturated heterocycles. The Bertz CT molecular complexity index is 1560. The molecule has 9 nitrogen and oxygen atoms in total. The van der Waals surface area contributed by atoms with Gasteiger partial charge in [-0.15, -0.1) is 5.10 Å². The Morgan fingerprint density at radius 2 is 1.84 bits per heavy atom. The number of ether oxygens (including phenoxy) is 1. The van der Waals surface area contributed by atoms with Gasteiger partial charge in [0, 0.05) is 36.9 Å². The normalized spacial score (nSPS) is 27.4. The summed E-state index contributed by atoms with van der Waals surface area (Å²) in [6, 6.07) is 11.1. The molecule has 0 spiro atoms. The van der Waals surface area contributed by atoms with Crippen LogP contribution in [0.15, 0.2) is 46.2 Å². The van der Waals surface area contributed by atoms with Gasteiger partial charge in [-0.2, -0.15) is 0 Å². The Labute approximate surface area is 260 Å². The van der Waals surface area contributed by atoms with E-state index in [1.54, 1.807) is 18.2 Å². The third-order valence-electron chi connectivity index (χ3n) is 10.4. The van der Waals surface area contributed by atoms with Crippen molar-refractivity contribution in [2.75, 3.05) is 25.5 Å². The lowest BCUT2D eigenvalue weighted by molar-refractivity contribution is 0.0266. The maximum absolute atomic E-state index is 14.4. The fourth-order valence-electron chi connectivity index (χ4n) is 6.87. The minimum Gasteiger partial charge on any atom is -0.497 e. The van der Waals surface area contributed by atoms with E-state index in [0.717, 1.165) is 31.2 Å². The van der Waals surface area contributed by atoms with Gasteiger partial charge < -0.3 is 20.3 Å². The Morgan fingerprint density at radius 1 is 1.11 bits per heavy atom. The van der Waals surface area contributed by atoms with Gasteiger partial charge in [-0.1, -0.05) is 45.9 Å². The number of guanidine groups is 1. The van der Waals surface area contributed by atoms with Gasteiger partial charge in [0.05, 0.1) is 25.1 Å². The summed E-state index contributed by atoms with van der Waals surface area (Å²) in [5, 5.41) is 16.3. The largest absolute Gasteiger partial charge is 0.497 e. The van der Waals surface area contributed by atoms with Gasteiger partial charge in [-0.05, 0) is 79.7 Å². The fraction of sp³-hybridized carbons (Fsp3) is 0.588. The minimum absolute atomic E-state index is 0.207. The number of rotatable bonds is 6. The molecule has 2 fully saturated rings. The number of hydrogen-bond donors (Lipinski definition) is 2. The number of halogens is 1. The highest BCUT2D eigenvalue weighted by Gasteiger charge is 2.44. The number of fused-ring (bicyclic) bond motifs is 1. The average molecular weight is 606 g/mol. The molecule has 1 aliphatic heterocycles. The van der Waals surface area contributed by atoms with E-state index in [2.05, 4.69) is 74.3 Å². The lowest BCUT2D eigenvalue weighted by Gasteiger charge is -2.49. The quantitative estimate of drug-likeness (QED) is 0.289. The summed E-state index contributed by atoms with van der Waals surface area (Å²) in [5.74, 6) is 2.49. The van der Waals surface area contributed by atoms with Crippen molar-refractivity contribution in [2.24, 2.45) is 28.2 Å². The molecule has 1 aromatic heterocycles. The summed E-state index contributed by atoms with van der Waals surface area (Å²) in [7, 11) is 1.50. The summed E-state index contributed by atoms with van der Waals surface area (Å²) in [6.07, 6.45) is 1.36. The second-order valence-electron chi connectivity index (χ2n) is 13.7. The standard InChI is InChI=1S/C34H48FN7O2/c1-20-15-30(23(4)24(5)34(20,6)7)38-33(41-18-21(2)36-22(3)19-41)37-26-10-12-28-31(16-26)39-40-42(32(28)43)14-13-25-9-11-27(44-8)17-29(25)35/h9-12,16-17,20-24,30,36H,13-15,18-19H2,1-8H3,(H,37,38)/t20-,21-,22+,23+,24+,30+/m1/s1. The minimum atomic E-state index is -0.372. The molecule has 6 atom stereocenters. The van der Waals surface area contributed by atoms with Crippen LogP contribution < -0.4 is 20.9 Å². The predicted octanol–water partition coefficient (Wildman–Crippen LogP) is 5.34. The molecule has 0 unspecified atom stereocenters. The third kappa shape index (κ3) is 6.60. The van der Waals surface area contributed by atoms with Crippen LogP contribution in [-0.2, 0) is 13.0 Å². The summed E-state index contributed by atoms with van der Waals surface area (Å²) in [4.78, 5) is 21.1. The van der Waals surface area contributed by atoms with Crippen LogP contribution in [0, 0.1) is 29.0 Å². The first-order valence-corrected chi connectivity index (χ1v) is 15.9. The van der Waals surface area contributed by atoms with Crippen molar-refractivity contribution in [3.05, 3.63) is 58.1 Å². The van der Waals surface area contributed by atoms with Crippen LogP contribution in [0.3, 0.4) is 0 Å². The summed E-state index contributed by atoms with van der Waals surface area (Å²) in [5.41, 5.74) is 1.82. The van der Waals surface area contributed by atoms with Gasteiger partial charge in [-0.25, -0.2) is 14.1 Å². The molecule has 238 valence electrons. The molecule has 1 aliphatic carbocycles. The molecule has 3 aromatic rings. The second kappa shape index (κ2) is 12.8. The third-order valence-corrected chi connectivity index (χ3v) is 10.4. The van der Waals surface area contributed by atoms with Crippen LogP contribution >= 0.6 is 0 Å². The number of methoxy groups -OCH3 is 1. The first-order valence-electron chi connectivity index (χ1n) is 15.9. The molecule has 2 aliphatic rings. The van der Waals surface area contributed by atoms with E-state index >= 15 is 0 Å². The lowest BCUT2D eigenvalue weighted by atomic mass is 9.58. The first kappa shape index (κ1) is 31.9. The van der Waals surface area contributed by atoms with E-state index in [-0.39, 0.29) is 29.4 Å². The molecule has 10 heteroatoms. The molecule has 2 N–H and O–H groups in total. The Kier molecular flexibility index (Phi) is 9.30. The molecule has 1 saturated carbocycles. The van der Waals surface area contributed by atoms with E-state index in [4.69, 9.17) is 9.73 Å². The van der Waals surface area contributed by atoms with E-state index in [9.17, 15) is 9.18 Å². The Morgan fingerprint density at radius 3 is 2.52 bits per heavy atom. The molecule has 2 heterocycles. The number of nitrogens with zero attached hydrogens (tertiary/aromatic N) is 5. The molecular formula is C34H48FN7O2. The highest BCUT2D eigenvalue weighted by atomic mass is 19.1. The fourth-order valence-corrected chi connectivity index (χ4v) is 6.87. The molecule has 0 amide bonds. The van der Waals surface area contributed by atoms with E-state index in [0.29, 0.717) is 58.5 Å². The Balaban J connectivity index is 1.40. The zero-order chi connectivity index (χ0) is 31.8. The maximum atomic E-state index is 14.4. The SMILES string of the molecule is COc1ccc(CCn2nnc3cc(NC(=N[C@H]4C[C@@H](C)C(C)(C)[C@@H](C)[C@@H]4C)N4C[C@@H](C)N[C@@H](C)C4)ccc3c2=O)c(F)c1. The van der Waals surface area contributed by atoms with Crippen LogP contribution in [-0.4, -0.2) is 64.2 Å². The summed E-state index contributed by atoms with van der Waals surface area (Å²) < 4.78 is 20.8. The molecule has 2 aromatic carbocycles. The zero-order valence-electron chi connectivity index (χ0n) is 27.4. The number of nitrogens with one attached hydrogen (secondary N) is 2. The van der Waals surface area contributed by atoms with Gasteiger partial charge >= 0.3 is 0 Å². The highest BCUT2D eigenvalue weighted by Crippen LogP contribution is 2.48. The Hall–Kier alpha value is -3.53. The van der Waals surface area contributed by atoms with E-state index < -0.39 is 0 Å². The van der Waals surface area contributed by atoms with Crippen LogP contribution in [0.5, 0.6) is 5.75 Å². The molecule has 5 rings (SSSR count). The van der Waals surface area contributed by atoms with Crippen molar-refractivity contribution >= 4 is 22.5 Å². The number of hydrogen-bond acceptors (Lipinski definition) is 6. The number of aliphatic imine (C=N–C) groups is 1. The van der Waals surface area contributed by atoms with Crippen LogP contribution in [0.1, 0.15) is 60.5 Å². The number of aromatic nitrogens is 3. The van der Waals surface area contributed by atoms with E-state index in [1.165, 1.54) is 17.9 Å². The number of benzene rings is 2. The molecular weight excluding hydrogens is 557 g/mol. The van der Waals surface area contributed by atoms with E-state index in [1.807, 2.05) is 12.1 Å². The first-order chi connectivity index (χ1) is 20.9. The maximum Gasteiger partial charge on any atom is 0.277 e. The van der Waals surface area contributed by atoms with Crippen LogP contribution in [0.4, 0.5) is 10.1 Å². The van der Waals surface area contributed by atoms with Crippen molar-refractivity contribution < 1.29 is 9.13 Å². The van der Waals surface area contributed by atoms with Gasteiger partial charge in [0.2, 0.25) is 0 Å². The van der Waals surface area contributed by atoms with Crippen molar-refractivity contribution in [3.8, 4) is 5.75 Å². The van der Waals surface area contributed by atoms with Crippen LogP contribution in [0.2, 0.25) is 0 Å². The van der Waals surface area contributed by atoms with Crippen molar-refractivity contribution in [1.29, 1.82) is 0 Å². The average Bonchev–Trinajstić information content (AvgIpc) is 2.98.